The van der Waals surface area contributed by atoms with Crippen molar-refractivity contribution in [1.29, 1.82) is 0 Å². The first-order chi connectivity index (χ1) is 20.9. The molecule has 2 N–H and O–H groups in total. The molecule has 1 saturated heterocycles. The maximum Gasteiger partial charge on any atom is 0.351 e. The van der Waals surface area contributed by atoms with Crippen LogP contribution in [0.3, 0.4) is 0 Å². The van der Waals surface area contributed by atoms with Gasteiger partial charge in [0.05, 0.1) is 16.7 Å². The Balaban J connectivity index is 1.53. The van der Waals surface area contributed by atoms with Crippen LogP contribution in [0.15, 0.2) is 102 Å². The highest BCUT2D eigenvalue weighted by molar-refractivity contribution is 5.91. The first-order valence-electron chi connectivity index (χ1n) is 13.6. The van der Waals surface area contributed by atoms with Crippen molar-refractivity contribution < 1.29 is 33.3 Å². The summed E-state index contributed by atoms with van der Waals surface area (Å²) >= 11 is 0. The van der Waals surface area contributed by atoms with Crippen molar-refractivity contribution in [2.24, 2.45) is 0 Å². The average molecular weight is 584 g/mol. The molecule has 0 bridgehead atoms. The Kier molecular flexibility index (Phi) is 8.92. The third-order valence-electron chi connectivity index (χ3n) is 6.89. The van der Waals surface area contributed by atoms with Crippen LogP contribution in [0.5, 0.6) is 0 Å². The summed E-state index contributed by atoms with van der Waals surface area (Å²) in [5.41, 5.74) is 6.48. The number of aromatic nitrogens is 2. The van der Waals surface area contributed by atoms with E-state index < -0.39 is 48.1 Å². The molecule has 0 saturated carbocycles. The third-order valence-corrected chi connectivity index (χ3v) is 6.89. The smallest absolute Gasteiger partial charge is 0.351 e. The lowest BCUT2D eigenvalue weighted by atomic mass is 10.1. The fraction of sp³-hybridized carbons (Fsp3) is 0.219. The van der Waals surface area contributed by atoms with E-state index in [4.69, 9.17) is 24.7 Å². The molecule has 43 heavy (non-hydrogen) atoms. The summed E-state index contributed by atoms with van der Waals surface area (Å²) in [5, 5.41) is 0. The molecule has 4 atom stereocenters. The quantitative estimate of drug-likeness (QED) is 0.229. The van der Waals surface area contributed by atoms with Gasteiger partial charge in [0.1, 0.15) is 18.5 Å². The summed E-state index contributed by atoms with van der Waals surface area (Å²) in [5.74, 6) is -2.06. The van der Waals surface area contributed by atoms with Gasteiger partial charge in [-0.15, -0.1) is 0 Å². The van der Waals surface area contributed by atoms with Crippen LogP contribution in [-0.4, -0.2) is 52.4 Å². The van der Waals surface area contributed by atoms with Crippen molar-refractivity contribution in [2.75, 3.05) is 12.3 Å². The molecular weight excluding hydrogens is 554 g/mol. The number of carbonyl (C=O) groups is 3. The first-order valence-corrected chi connectivity index (χ1v) is 13.6. The molecule has 1 fully saturated rings. The number of nitrogen functional groups attached to an aromatic ring is 1. The van der Waals surface area contributed by atoms with Crippen LogP contribution in [0.2, 0.25) is 0 Å². The van der Waals surface area contributed by atoms with Crippen LogP contribution in [-0.2, 0) is 25.4 Å². The van der Waals surface area contributed by atoms with Gasteiger partial charge < -0.3 is 24.7 Å². The Hall–Kier alpha value is -5.29. The predicted molar refractivity (Wildman–Crippen MR) is 154 cm³/mol. The Morgan fingerprint density at radius 1 is 0.791 bits per heavy atom. The van der Waals surface area contributed by atoms with Gasteiger partial charge in [0.2, 0.25) is 0 Å². The summed E-state index contributed by atoms with van der Waals surface area (Å²) in [4.78, 5) is 56.3. The van der Waals surface area contributed by atoms with Crippen LogP contribution >= 0.6 is 0 Å². The summed E-state index contributed by atoms with van der Waals surface area (Å²) in [6, 6.07) is 24.7. The molecule has 11 nitrogen and oxygen atoms in total. The summed E-state index contributed by atoms with van der Waals surface area (Å²) < 4.78 is 24.6. The number of carbonyl (C=O) groups excluding carboxylic acids is 3. The van der Waals surface area contributed by atoms with Crippen molar-refractivity contribution in [3.63, 3.8) is 0 Å². The Bertz CT molecular complexity index is 1640. The fourth-order valence-corrected chi connectivity index (χ4v) is 4.66. The topological polar surface area (TPSA) is 149 Å². The zero-order valence-corrected chi connectivity index (χ0v) is 23.2. The minimum absolute atomic E-state index is 0.0555. The van der Waals surface area contributed by atoms with Gasteiger partial charge >= 0.3 is 23.6 Å². The van der Waals surface area contributed by atoms with Crippen molar-refractivity contribution >= 4 is 23.7 Å². The molecule has 0 aliphatic carbocycles. The van der Waals surface area contributed by atoms with Crippen LogP contribution < -0.4 is 11.4 Å². The lowest BCUT2D eigenvalue weighted by molar-refractivity contribution is -0.0640. The number of hydrogen-bond acceptors (Lipinski definition) is 10. The highest BCUT2D eigenvalue weighted by Gasteiger charge is 2.51. The minimum atomic E-state index is -1.34. The van der Waals surface area contributed by atoms with Gasteiger partial charge in [-0.25, -0.2) is 19.2 Å². The SMILES string of the molecule is CCc1cn([C@@H]2O[C@H](COC(=O)c3ccccc3)C(OC(=O)c3ccccc3)[C@@H]2OC(=O)c2ccccc2)c(=O)nc1N. The zero-order chi connectivity index (χ0) is 30.3. The van der Waals surface area contributed by atoms with Crippen molar-refractivity contribution in [1.82, 2.24) is 9.55 Å². The van der Waals surface area contributed by atoms with E-state index in [0.717, 1.165) is 4.57 Å². The molecule has 4 aromatic rings. The van der Waals surface area contributed by atoms with E-state index in [1.807, 2.05) is 6.92 Å². The zero-order valence-electron chi connectivity index (χ0n) is 23.2. The molecule has 0 amide bonds. The maximum atomic E-state index is 13.3. The van der Waals surface area contributed by atoms with Gasteiger partial charge in [-0.1, -0.05) is 61.5 Å². The Labute approximate surface area is 246 Å². The minimum Gasteiger partial charge on any atom is -0.459 e. The number of benzene rings is 3. The highest BCUT2D eigenvalue weighted by atomic mass is 16.7. The molecule has 2 heterocycles. The molecule has 220 valence electrons. The number of hydrogen-bond donors (Lipinski definition) is 1. The second kappa shape index (κ2) is 13.1. The van der Waals surface area contributed by atoms with Gasteiger partial charge in [-0.2, -0.15) is 4.98 Å². The number of anilines is 1. The first kappa shape index (κ1) is 29.2. The number of esters is 3. The largest absolute Gasteiger partial charge is 0.459 e. The van der Waals surface area contributed by atoms with Crippen LogP contribution in [0.25, 0.3) is 0 Å². The van der Waals surface area contributed by atoms with Gasteiger partial charge in [0.15, 0.2) is 18.4 Å². The molecule has 1 aliphatic rings. The third kappa shape index (κ3) is 6.62. The van der Waals surface area contributed by atoms with Crippen LogP contribution in [0.1, 0.15) is 49.8 Å². The molecule has 0 radical (unpaired) electrons. The standard InChI is InChI=1S/C32H29N3O8/c1-2-20-18-35(32(39)34-27(20)33)28-26(43-31(38)23-16-10-5-11-17-23)25(42-30(37)22-14-8-4-9-15-22)24(41-28)19-40-29(36)21-12-6-3-7-13-21/h3-18,24-26,28H,2,19H2,1H3,(H2,33,34,39)/t24-,25?,26+,28-/m1/s1. The Morgan fingerprint density at radius 3 is 1.79 bits per heavy atom. The van der Waals surface area contributed by atoms with Crippen LogP contribution in [0, 0.1) is 0 Å². The van der Waals surface area contributed by atoms with E-state index in [2.05, 4.69) is 4.98 Å². The van der Waals surface area contributed by atoms with Gasteiger partial charge in [0.25, 0.3) is 0 Å². The number of nitrogens with two attached hydrogens (primary N) is 1. The summed E-state index contributed by atoms with van der Waals surface area (Å²) in [6.07, 6.45) is -3.14. The monoisotopic (exact) mass is 583 g/mol. The van der Waals surface area contributed by atoms with E-state index in [9.17, 15) is 19.2 Å². The van der Waals surface area contributed by atoms with Crippen molar-refractivity contribution in [3.8, 4) is 0 Å². The summed E-state index contributed by atoms with van der Waals surface area (Å²) in [7, 11) is 0. The number of rotatable bonds is 9. The van der Waals surface area contributed by atoms with E-state index in [1.165, 1.54) is 6.20 Å². The molecule has 3 aromatic carbocycles. The molecule has 5 rings (SSSR count). The normalized spacial score (nSPS) is 19.4. The lowest BCUT2D eigenvalue weighted by Gasteiger charge is -2.25. The van der Waals surface area contributed by atoms with E-state index in [1.54, 1.807) is 91.0 Å². The molecule has 1 aliphatic heterocycles. The number of aryl methyl sites for hydroxylation is 1. The number of nitrogens with zero attached hydrogens (tertiary/aromatic N) is 2. The van der Waals surface area contributed by atoms with E-state index in [-0.39, 0.29) is 23.6 Å². The number of ether oxygens (including phenoxy) is 4. The second-order valence-electron chi connectivity index (χ2n) is 9.70. The molecule has 11 heteroatoms. The molecular formula is C32H29N3O8. The van der Waals surface area contributed by atoms with Gasteiger partial charge in [-0.05, 0) is 42.8 Å². The van der Waals surface area contributed by atoms with E-state index >= 15 is 0 Å². The maximum absolute atomic E-state index is 13.3. The Morgan fingerprint density at radius 2 is 1.28 bits per heavy atom. The van der Waals surface area contributed by atoms with Crippen LogP contribution in [0.4, 0.5) is 5.82 Å². The molecule has 1 aromatic heterocycles. The fourth-order valence-electron chi connectivity index (χ4n) is 4.66. The van der Waals surface area contributed by atoms with E-state index in [0.29, 0.717) is 17.5 Å². The molecule has 0 spiro atoms. The second-order valence-corrected chi connectivity index (χ2v) is 9.70. The lowest BCUT2D eigenvalue weighted by Crippen LogP contribution is -2.42. The van der Waals surface area contributed by atoms with Gasteiger partial charge in [-0.3, -0.25) is 4.57 Å². The highest BCUT2D eigenvalue weighted by Crippen LogP contribution is 2.35. The van der Waals surface area contributed by atoms with Crippen molar-refractivity contribution in [2.45, 2.75) is 37.9 Å². The average Bonchev–Trinajstić information content (AvgIpc) is 3.36. The summed E-state index contributed by atoms with van der Waals surface area (Å²) in [6.45, 7) is 1.45. The predicted octanol–water partition coefficient (Wildman–Crippen LogP) is 3.59. The molecule has 1 unspecified atom stereocenters. The van der Waals surface area contributed by atoms with Crippen molar-refractivity contribution in [3.05, 3.63) is 130 Å². The van der Waals surface area contributed by atoms with Gasteiger partial charge in [0, 0.05) is 11.8 Å².